The molecule has 4 aromatic rings. The highest BCUT2D eigenvalue weighted by molar-refractivity contribution is 7.89. The Balaban J connectivity index is 1.34. The first-order valence-electron chi connectivity index (χ1n) is 14.5. The van der Waals surface area contributed by atoms with Crippen LogP contribution in [0.15, 0.2) is 114 Å². The molecule has 1 heterocycles. The Labute approximate surface area is 253 Å². The zero-order valence-electron chi connectivity index (χ0n) is 23.9. The summed E-state index contributed by atoms with van der Waals surface area (Å²) >= 11 is 0. The van der Waals surface area contributed by atoms with Crippen LogP contribution in [0.5, 0.6) is 0 Å². The maximum absolute atomic E-state index is 13.9. The topological polar surface area (TPSA) is 108 Å². The Morgan fingerprint density at radius 3 is 2.09 bits per heavy atom. The largest absolute Gasteiger partial charge is 0.349 e. The lowest BCUT2D eigenvalue weighted by Gasteiger charge is -2.31. The highest BCUT2D eigenvalue weighted by Crippen LogP contribution is 2.23. The lowest BCUT2D eigenvalue weighted by atomic mass is 10.0. The molecule has 9 heteroatoms. The first-order valence-corrected chi connectivity index (χ1v) is 16.0. The summed E-state index contributed by atoms with van der Waals surface area (Å²) in [6.45, 7) is 0.529. The normalized spacial score (nSPS) is 13.7. The van der Waals surface area contributed by atoms with Gasteiger partial charge in [0.2, 0.25) is 21.8 Å². The molecule has 1 aliphatic carbocycles. The third-order valence-corrected chi connectivity index (χ3v) is 8.93. The van der Waals surface area contributed by atoms with Crippen molar-refractivity contribution in [1.82, 2.24) is 19.9 Å². The maximum Gasteiger partial charge on any atom is 0.243 e. The average Bonchev–Trinajstić information content (AvgIpc) is 3.85. The van der Waals surface area contributed by atoms with E-state index in [2.05, 4.69) is 15.0 Å². The van der Waals surface area contributed by atoms with Crippen molar-refractivity contribution in [2.24, 2.45) is 0 Å². The molecule has 1 atom stereocenters. The fourth-order valence-corrected chi connectivity index (χ4v) is 6.16. The maximum atomic E-state index is 13.9. The zero-order chi connectivity index (χ0) is 30.1. The minimum absolute atomic E-state index is 0.0304. The number of nitrogens with one attached hydrogen (secondary N) is 2. The van der Waals surface area contributed by atoms with E-state index in [0.29, 0.717) is 12.8 Å². The highest BCUT2D eigenvalue weighted by atomic mass is 32.2. The Kier molecular flexibility index (Phi) is 9.96. The summed E-state index contributed by atoms with van der Waals surface area (Å²) in [4.78, 5) is 33.8. The van der Waals surface area contributed by atoms with Gasteiger partial charge in [-0.2, -0.15) is 0 Å². The van der Waals surface area contributed by atoms with Gasteiger partial charge in [-0.15, -0.1) is 0 Å². The number of hydrogen-bond acceptors (Lipinski definition) is 5. The Bertz CT molecular complexity index is 1590. The van der Waals surface area contributed by atoms with E-state index in [-0.39, 0.29) is 42.3 Å². The number of benzene rings is 3. The van der Waals surface area contributed by atoms with Gasteiger partial charge in [0.15, 0.2) is 0 Å². The zero-order valence-corrected chi connectivity index (χ0v) is 24.7. The SMILES string of the molecule is O=C(NCc1ccccn1)[C@H](Cc1ccccc1)N(Cc1ccccc1)C(=O)CCc1ccc(S(=O)(=O)NC2CC2)cc1. The van der Waals surface area contributed by atoms with Gasteiger partial charge >= 0.3 is 0 Å². The summed E-state index contributed by atoms with van der Waals surface area (Å²) in [6, 6.07) is 30.8. The molecule has 1 aliphatic rings. The van der Waals surface area contributed by atoms with Gasteiger partial charge in [0.05, 0.1) is 17.1 Å². The summed E-state index contributed by atoms with van der Waals surface area (Å²) in [7, 11) is -3.54. The molecule has 5 rings (SSSR count). The standard InChI is InChI=1S/C34H36N4O4S/c39-33(21-16-26-14-19-31(20-15-26)43(41,42)37-29-17-18-29)38(25-28-11-5-2-6-12-28)32(23-27-9-3-1-4-10-27)34(40)36-24-30-13-7-8-22-35-30/h1-15,19-20,22,29,32,37H,16-18,21,23-25H2,(H,36,40)/t32-/m0/s1. The summed E-state index contributed by atoms with van der Waals surface area (Å²) in [6.07, 6.45) is 4.34. The van der Waals surface area contributed by atoms with Gasteiger partial charge in [-0.25, -0.2) is 13.1 Å². The van der Waals surface area contributed by atoms with Crippen molar-refractivity contribution in [2.75, 3.05) is 0 Å². The molecule has 0 radical (unpaired) electrons. The van der Waals surface area contributed by atoms with Crippen molar-refractivity contribution in [3.8, 4) is 0 Å². The van der Waals surface area contributed by atoms with Crippen molar-refractivity contribution < 1.29 is 18.0 Å². The molecular formula is C34H36N4O4S. The van der Waals surface area contributed by atoms with Gasteiger partial charge in [-0.05, 0) is 60.2 Å². The van der Waals surface area contributed by atoms with Crippen LogP contribution < -0.4 is 10.0 Å². The van der Waals surface area contributed by atoms with Crippen LogP contribution in [0, 0.1) is 0 Å². The number of amides is 2. The van der Waals surface area contributed by atoms with Gasteiger partial charge < -0.3 is 10.2 Å². The summed E-state index contributed by atoms with van der Waals surface area (Å²) in [5.41, 5.74) is 3.44. The van der Waals surface area contributed by atoms with Crippen molar-refractivity contribution >= 4 is 21.8 Å². The lowest BCUT2D eigenvalue weighted by molar-refractivity contribution is -0.141. The fraction of sp³-hybridized carbons (Fsp3) is 0.265. The Morgan fingerprint density at radius 1 is 0.814 bits per heavy atom. The number of carbonyl (C=O) groups excluding carboxylic acids is 2. The Morgan fingerprint density at radius 2 is 1.47 bits per heavy atom. The summed E-state index contributed by atoms with van der Waals surface area (Å²) in [5, 5.41) is 2.99. The van der Waals surface area contributed by atoms with E-state index in [1.54, 1.807) is 35.4 Å². The number of nitrogens with zero attached hydrogens (tertiary/aromatic N) is 2. The third kappa shape index (κ3) is 8.83. The van der Waals surface area contributed by atoms with E-state index in [1.807, 2.05) is 78.9 Å². The molecule has 1 saturated carbocycles. The quantitative estimate of drug-likeness (QED) is 0.224. The molecule has 0 saturated heterocycles. The molecule has 3 aromatic carbocycles. The lowest BCUT2D eigenvalue weighted by Crippen LogP contribution is -2.50. The van der Waals surface area contributed by atoms with Crippen LogP contribution in [0.2, 0.25) is 0 Å². The Hall–Kier alpha value is -4.34. The van der Waals surface area contributed by atoms with Gasteiger partial charge in [0, 0.05) is 31.6 Å². The van der Waals surface area contributed by atoms with Gasteiger partial charge in [-0.1, -0.05) is 78.9 Å². The highest BCUT2D eigenvalue weighted by Gasteiger charge is 2.31. The number of pyridine rings is 1. The number of rotatable bonds is 14. The predicted molar refractivity (Wildman–Crippen MR) is 165 cm³/mol. The summed E-state index contributed by atoms with van der Waals surface area (Å²) in [5.74, 6) is -0.415. The van der Waals surface area contributed by atoms with E-state index in [4.69, 9.17) is 0 Å². The van der Waals surface area contributed by atoms with Gasteiger partial charge in [-0.3, -0.25) is 14.6 Å². The van der Waals surface area contributed by atoms with Gasteiger partial charge in [0.1, 0.15) is 6.04 Å². The first kappa shape index (κ1) is 30.1. The molecule has 43 heavy (non-hydrogen) atoms. The number of aromatic nitrogens is 1. The second-order valence-corrected chi connectivity index (χ2v) is 12.5. The minimum atomic E-state index is -3.54. The smallest absolute Gasteiger partial charge is 0.243 e. The molecule has 0 aliphatic heterocycles. The fourth-order valence-electron chi connectivity index (χ4n) is 4.85. The second-order valence-electron chi connectivity index (χ2n) is 10.8. The molecule has 0 unspecified atom stereocenters. The number of aryl methyl sites for hydroxylation is 1. The van der Waals surface area contributed by atoms with Crippen LogP contribution in [0.3, 0.4) is 0 Å². The van der Waals surface area contributed by atoms with Gasteiger partial charge in [0.25, 0.3) is 0 Å². The monoisotopic (exact) mass is 596 g/mol. The van der Waals surface area contributed by atoms with Crippen LogP contribution in [-0.2, 0) is 45.5 Å². The first-order chi connectivity index (χ1) is 20.9. The molecule has 0 spiro atoms. The van der Waals surface area contributed by atoms with Crippen molar-refractivity contribution in [3.05, 3.63) is 132 Å². The van der Waals surface area contributed by atoms with E-state index < -0.39 is 16.1 Å². The number of hydrogen-bond donors (Lipinski definition) is 2. The molecule has 2 N–H and O–H groups in total. The van der Waals surface area contributed by atoms with E-state index >= 15 is 0 Å². The van der Waals surface area contributed by atoms with E-state index in [9.17, 15) is 18.0 Å². The molecule has 2 amide bonds. The molecule has 8 nitrogen and oxygen atoms in total. The van der Waals surface area contributed by atoms with Crippen LogP contribution >= 0.6 is 0 Å². The van der Waals surface area contributed by atoms with Crippen LogP contribution in [-0.4, -0.2) is 42.2 Å². The molecule has 1 aromatic heterocycles. The number of carbonyl (C=O) groups is 2. The van der Waals surface area contributed by atoms with E-state index in [0.717, 1.165) is 35.2 Å². The molecule has 0 bridgehead atoms. The third-order valence-electron chi connectivity index (χ3n) is 7.40. The second kappa shape index (κ2) is 14.2. The van der Waals surface area contributed by atoms with Crippen LogP contribution in [0.25, 0.3) is 0 Å². The molecule has 1 fully saturated rings. The summed E-state index contributed by atoms with van der Waals surface area (Å²) < 4.78 is 27.8. The van der Waals surface area contributed by atoms with Crippen LogP contribution in [0.1, 0.15) is 41.6 Å². The molecular weight excluding hydrogens is 560 g/mol. The minimum Gasteiger partial charge on any atom is -0.349 e. The van der Waals surface area contributed by atoms with Crippen molar-refractivity contribution in [1.29, 1.82) is 0 Å². The molecule has 222 valence electrons. The predicted octanol–water partition coefficient (Wildman–Crippen LogP) is 4.41. The van der Waals surface area contributed by atoms with Crippen LogP contribution in [0.4, 0.5) is 0 Å². The van der Waals surface area contributed by atoms with Crippen molar-refractivity contribution in [3.63, 3.8) is 0 Å². The number of sulfonamides is 1. The van der Waals surface area contributed by atoms with Crippen molar-refractivity contribution in [2.45, 2.75) is 62.2 Å². The average molecular weight is 597 g/mol. The van der Waals surface area contributed by atoms with E-state index in [1.165, 1.54) is 0 Å².